The fourth-order valence-electron chi connectivity index (χ4n) is 1.11. The quantitative estimate of drug-likeness (QED) is 0.363. The van der Waals surface area contributed by atoms with E-state index in [-0.39, 0.29) is 11.2 Å². The molecule has 0 saturated heterocycles. The maximum Gasteiger partial charge on any atom is 0.116 e. The molecule has 0 aromatic carbocycles. The minimum atomic E-state index is -0.827. The van der Waals surface area contributed by atoms with Gasteiger partial charge in [-0.15, -0.1) is 11.6 Å². The van der Waals surface area contributed by atoms with Crippen molar-refractivity contribution in [2.45, 2.75) is 36.6 Å². The Labute approximate surface area is 61.2 Å². The highest BCUT2D eigenvalue weighted by atomic mass is 35.5. The van der Waals surface area contributed by atoms with Crippen LogP contribution in [0.25, 0.3) is 0 Å². The fraction of sp³-hybridized carbons (Fsp3) is 1.00. The van der Waals surface area contributed by atoms with E-state index < -0.39 is 6.17 Å². The van der Waals surface area contributed by atoms with Gasteiger partial charge in [0.15, 0.2) is 0 Å². The number of alkyl halides is 2. The molecular formula is C6H9BClF. The summed E-state index contributed by atoms with van der Waals surface area (Å²) in [6, 6.07) is 0. The molecule has 0 bridgehead atoms. The molecule has 0 nitrogen and oxygen atoms in total. The highest BCUT2D eigenvalue weighted by Gasteiger charge is 2.25. The van der Waals surface area contributed by atoms with Gasteiger partial charge in [-0.1, -0.05) is 12.2 Å². The Bertz CT molecular complexity index is 99.1. The standard InChI is InChI=1S/C6H9BClF/c7-4-1-2-6(9)5(8)3-4/h4-6H,1-3H2. The van der Waals surface area contributed by atoms with Crippen LogP contribution in [-0.2, 0) is 0 Å². The lowest BCUT2D eigenvalue weighted by atomic mass is 9.75. The van der Waals surface area contributed by atoms with Crippen molar-refractivity contribution in [3.8, 4) is 0 Å². The van der Waals surface area contributed by atoms with Crippen molar-refractivity contribution in [2.75, 3.05) is 0 Å². The largest absolute Gasteiger partial charge is 0.246 e. The molecule has 0 N–H and O–H groups in total. The Morgan fingerprint density at radius 2 is 2.11 bits per heavy atom. The molecule has 3 heteroatoms. The van der Waals surface area contributed by atoms with Gasteiger partial charge in [0, 0.05) is 0 Å². The molecule has 9 heavy (non-hydrogen) atoms. The topological polar surface area (TPSA) is 0 Å². The molecule has 3 atom stereocenters. The van der Waals surface area contributed by atoms with Crippen molar-refractivity contribution >= 4 is 19.4 Å². The number of hydrogen-bond donors (Lipinski definition) is 0. The normalized spacial score (nSPS) is 44.9. The maximum absolute atomic E-state index is 12.6. The first-order chi connectivity index (χ1) is 4.20. The zero-order valence-corrected chi connectivity index (χ0v) is 5.94. The zero-order valence-electron chi connectivity index (χ0n) is 5.19. The lowest BCUT2D eigenvalue weighted by molar-refractivity contribution is 0.257. The predicted molar refractivity (Wildman–Crippen MR) is 37.9 cm³/mol. The fourth-order valence-corrected chi connectivity index (χ4v) is 1.46. The summed E-state index contributed by atoms with van der Waals surface area (Å²) >= 11 is 5.61. The molecule has 0 aromatic rings. The van der Waals surface area contributed by atoms with Crippen LogP contribution in [0.3, 0.4) is 0 Å². The Kier molecular flexibility index (Phi) is 2.39. The van der Waals surface area contributed by atoms with Gasteiger partial charge in [-0.05, 0) is 12.8 Å². The predicted octanol–water partition coefficient (Wildman–Crippen LogP) is 2.07. The van der Waals surface area contributed by atoms with E-state index in [1.165, 1.54) is 0 Å². The van der Waals surface area contributed by atoms with Gasteiger partial charge in [0.25, 0.3) is 0 Å². The molecule has 0 amide bonds. The monoisotopic (exact) mass is 146 g/mol. The summed E-state index contributed by atoms with van der Waals surface area (Å²) in [7, 11) is 5.54. The van der Waals surface area contributed by atoms with Crippen LogP contribution in [0.4, 0.5) is 4.39 Å². The van der Waals surface area contributed by atoms with Crippen molar-refractivity contribution in [3.63, 3.8) is 0 Å². The minimum absolute atomic E-state index is 0.125. The highest BCUT2D eigenvalue weighted by molar-refractivity contribution is 6.22. The van der Waals surface area contributed by atoms with Crippen molar-refractivity contribution < 1.29 is 4.39 Å². The van der Waals surface area contributed by atoms with Crippen LogP contribution in [-0.4, -0.2) is 19.4 Å². The SMILES string of the molecule is [B]C1CCC(F)C(Cl)C1. The average Bonchev–Trinajstić information content (AvgIpc) is 1.80. The zero-order chi connectivity index (χ0) is 6.85. The average molecular weight is 146 g/mol. The summed E-state index contributed by atoms with van der Waals surface area (Å²) in [6.45, 7) is 0. The van der Waals surface area contributed by atoms with Crippen LogP contribution in [0.5, 0.6) is 0 Å². The summed E-state index contributed by atoms with van der Waals surface area (Å²) in [6.07, 6.45) is 1.12. The Balaban J connectivity index is 2.35. The summed E-state index contributed by atoms with van der Waals surface area (Å²) < 4.78 is 12.6. The van der Waals surface area contributed by atoms with Crippen LogP contribution in [0.2, 0.25) is 5.82 Å². The lowest BCUT2D eigenvalue weighted by Crippen LogP contribution is -2.23. The van der Waals surface area contributed by atoms with E-state index >= 15 is 0 Å². The maximum atomic E-state index is 12.6. The number of halogens is 2. The van der Waals surface area contributed by atoms with Gasteiger partial charge in [0.1, 0.15) is 6.17 Å². The molecule has 1 fully saturated rings. The van der Waals surface area contributed by atoms with Crippen LogP contribution < -0.4 is 0 Å². The highest BCUT2D eigenvalue weighted by Crippen LogP contribution is 2.31. The van der Waals surface area contributed by atoms with E-state index in [9.17, 15) is 4.39 Å². The lowest BCUT2D eigenvalue weighted by Gasteiger charge is -2.25. The second-order valence-corrected chi connectivity index (χ2v) is 3.17. The van der Waals surface area contributed by atoms with E-state index in [4.69, 9.17) is 19.4 Å². The van der Waals surface area contributed by atoms with Crippen molar-refractivity contribution in [2.24, 2.45) is 0 Å². The first-order valence-electron chi connectivity index (χ1n) is 3.24. The van der Waals surface area contributed by atoms with Gasteiger partial charge < -0.3 is 0 Å². The molecule has 50 valence electrons. The van der Waals surface area contributed by atoms with Crippen LogP contribution in [0, 0.1) is 0 Å². The molecule has 1 aliphatic rings. The van der Waals surface area contributed by atoms with E-state index in [0.717, 1.165) is 6.42 Å². The second kappa shape index (κ2) is 2.91. The molecule has 2 radical (unpaired) electrons. The molecule has 1 aliphatic carbocycles. The molecule has 0 aliphatic heterocycles. The van der Waals surface area contributed by atoms with Gasteiger partial charge in [-0.3, -0.25) is 0 Å². The van der Waals surface area contributed by atoms with Crippen molar-refractivity contribution in [1.29, 1.82) is 0 Å². The van der Waals surface area contributed by atoms with Crippen molar-refractivity contribution in [1.82, 2.24) is 0 Å². The Morgan fingerprint density at radius 3 is 2.56 bits per heavy atom. The molecular weight excluding hydrogens is 137 g/mol. The summed E-state index contributed by atoms with van der Waals surface area (Å²) in [5, 5.41) is -0.339. The molecule has 1 rings (SSSR count). The third-order valence-electron chi connectivity index (χ3n) is 1.73. The Morgan fingerprint density at radius 1 is 1.44 bits per heavy atom. The third-order valence-corrected chi connectivity index (χ3v) is 2.19. The number of hydrogen-bond acceptors (Lipinski definition) is 0. The Hall–Kier alpha value is 0.285. The molecule has 3 unspecified atom stereocenters. The molecule has 0 heterocycles. The van der Waals surface area contributed by atoms with Crippen LogP contribution in [0.1, 0.15) is 19.3 Å². The first-order valence-corrected chi connectivity index (χ1v) is 3.67. The van der Waals surface area contributed by atoms with Crippen molar-refractivity contribution in [3.05, 3.63) is 0 Å². The molecule has 0 aromatic heterocycles. The van der Waals surface area contributed by atoms with Gasteiger partial charge in [0.2, 0.25) is 0 Å². The van der Waals surface area contributed by atoms with Gasteiger partial charge in [-0.2, -0.15) is 0 Å². The summed E-state index contributed by atoms with van der Waals surface area (Å²) in [4.78, 5) is 0. The summed E-state index contributed by atoms with van der Waals surface area (Å²) in [5.74, 6) is 0.125. The van der Waals surface area contributed by atoms with Gasteiger partial charge in [0.05, 0.1) is 13.2 Å². The van der Waals surface area contributed by atoms with Gasteiger partial charge in [-0.25, -0.2) is 4.39 Å². The van der Waals surface area contributed by atoms with Gasteiger partial charge >= 0.3 is 0 Å². The minimum Gasteiger partial charge on any atom is -0.246 e. The summed E-state index contributed by atoms with van der Waals surface area (Å²) in [5.41, 5.74) is 0. The molecule has 1 saturated carbocycles. The first kappa shape index (κ1) is 7.39. The van der Waals surface area contributed by atoms with E-state index in [1.807, 2.05) is 0 Å². The third kappa shape index (κ3) is 1.85. The number of rotatable bonds is 0. The second-order valence-electron chi connectivity index (χ2n) is 2.61. The van der Waals surface area contributed by atoms with E-state index in [2.05, 4.69) is 0 Å². The van der Waals surface area contributed by atoms with Crippen LogP contribution in [0.15, 0.2) is 0 Å². The van der Waals surface area contributed by atoms with E-state index in [1.54, 1.807) is 0 Å². The van der Waals surface area contributed by atoms with Crippen LogP contribution >= 0.6 is 11.6 Å². The smallest absolute Gasteiger partial charge is 0.116 e. The molecule has 0 spiro atoms. The van der Waals surface area contributed by atoms with E-state index in [0.29, 0.717) is 12.8 Å².